The molecular weight excluding hydrogens is 310 g/mol. The summed E-state index contributed by atoms with van der Waals surface area (Å²) in [6.45, 7) is 0.368. The molecule has 4 heteroatoms. The molecule has 0 spiro atoms. The maximum absolute atomic E-state index is 11.3. The average Bonchev–Trinajstić information content (AvgIpc) is 2.66. The van der Waals surface area contributed by atoms with Crippen molar-refractivity contribution >= 4 is 16.6 Å². The van der Waals surface area contributed by atoms with Gasteiger partial charge in [-0.05, 0) is 36.5 Å². The maximum atomic E-state index is 11.3. The van der Waals surface area contributed by atoms with Gasteiger partial charge < -0.3 is 10.4 Å². The van der Waals surface area contributed by atoms with Crippen LogP contribution in [0.25, 0.3) is 10.9 Å². The third kappa shape index (κ3) is 2.73. The van der Waals surface area contributed by atoms with Gasteiger partial charge in [-0.1, -0.05) is 42.5 Å². The van der Waals surface area contributed by atoms with Gasteiger partial charge in [0.05, 0.1) is 16.8 Å². The number of hydrogen-bond donors (Lipinski definition) is 2. The van der Waals surface area contributed by atoms with Crippen molar-refractivity contribution < 1.29 is 5.11 Å². The van der Waals surface area contributed by atoms with Crippen LogP contribution in [-0.4, -0.2) is 16.6 Å². The summed E-state index contributed by atoms with van der Waals surface area (Å²) in [5.41, 5.74) is 3.34. The molecule has 1 heterocycles. The third-order valence-electron chi connectivity index (χ3n) is 5.01. The van der Waals surface area contributed by atoms with Crippen molar-refractivity contribution in [2.75, 3.05) is 11.9 Å². The molecule has 0 amide bonds. The van der Waals surface area contributed by atoms with Crippen LogP contribution in [-0.2, 0) is 12.0 Å². The van der Waals surface area contributed by atoms with E-state index in [1.807, 2.05) is 42.5 Å². The monoisotopic (exact) mass is 329 g/mol. The molecule has 0 fully saturated rings. The van der Waals surface area contributed by atoms with Crippen molar-refractivity contribution in [2.24, 2.45) is 0 Å². The molecule has 3 aromatic rings. The van der Waals surface area contributed by atoms with Crippen molar-refractivity contribution in [3.05, 3.63) is 71.4 Å². The quantitative estimate of drug-likeness (QED) is 0.768. The first-order valence-corrected chi connectivity index (χ1v) is 8.54. The molecule has 0 saturated heterocycles. The molecule has 0 saturated carbocycles. The van der Waals surface area contributed by atoms with Gasteiger partial charge >= 0.3 is 0 Å². The molecule has 0 bridgehead atoms. The Morgan fingerprint density at radius 2 is 1.96 bits per heavy atom. The zero-order valence-corrected chi connectivity index (χ0v) is 13.9. The van der Waals surface area contributed by atoms with Gasteiger partial charge in [-0.2, -0.15) is 5.26 Å². The fourth-order valence-corrected chi connectivity index (χ4v) is 3.73. The lowest BCUT2D eigenvalue weighted by Crippen LogP contribution is -2.37. The second-order valence-corrected chi connectivity index (χ2v) is 6.57. The summed E-state index contributed by atoms with van der Waals surface area (Å²) in [5.74, 6) is 0. The summed E-state index contributed by atoms with van der Waals surface area (Å²) >= 11 is 0. The van der Waals surface area contributed by atoms with Crippen LogP contribution in [0.1, 0.15) is 29.5 Å². The predicted octanol–water partition coefficient (Wildman–Crippen LogP) is 3.74. The maximum Gasteiger partial charge on any atom is 0.107 e. The molecule has 25 heavy (non-hydrogen) atoms. The van der Waals surface area contributed by atoms with Crippen LogP contribution in [0.2, 0.25) is 0 Å². The molecular formula is C21H19N3O. The van der Waals surface area contributed by atoms with Crippen molar-refractivity contribution in [3.8, 4) is 6.07 Å². The van der Waals surface area contributed by atoms with E-state index in [2.05, 4.69) is 22.4 Å². The summed E-state index contributed by atoms with van der Waals surface area (Å²) in [4.78, 5) is 4.34. The van der Waals surface area contributed by atoms with E-state index in [-0.39, 0.29) is 0 Å². The van der Waals surface area contributed by atoms with Gasteiger partial charge in [0.2, 0.25) is 0 Å². The first kappa shape index (κ1) is 15.6. The van der Waals surface area contributed by atoms with E-state index in [1.54, 1.807) is 6.20 Å². The molecule has 1 aliphatic rings. The van der Waals surface area contributed by atoms with Gasteiger partial charge in [-0.15, -0.1) is 0 Å². The van der Waals surface area contributed by atoms with Crippen molar-refractivity contribution in [3.63, 3.8) is 0 Å². The molecule has 1 aliphatic carbocycles. The SMILES string of the molecule is N#Cc1cnc2ccccc2c1NCC1(O)CCCc2ccccc21. The molecule has 1 aromatic heterocycles. The van der Waals surface area contributed by atoms with Crippen LogP contribution < -0.4 is 5.32 Å². The number of nitriles is 1. The second-order valence-electron chi connectivity index (χ2n) is 6.57. The van der Waals surface area contributed by atoms with Crippen LogP contribution in [0.3, 0.4) is 0 Å². The minimum atomic E-state index is -0.925. The Hall–Kier alpha value is -2.90. The van der Waals surface area contributed by atoms with E-state index in [0.717, 1.165) is 35.0 Å². The highest BCUT2D eigenvalue weighted by Gasteiger charge is 2.34. The molecule has 4 nitrogen and oxygen atoms in total. The Kier molecular flexibility index (Phi) is 3.87. The van der Waals surface area contributed by atoms with E-state index in [0.29, 0.717) is 18.5 Å². The molecule has 2 N–H and O–H groups in total. The molecule has 0 radical (unpaired) electrons. The van der Waals surface area contributed by atoms with Gasteiger partial charge in [0.15, 0.2) is 0 Å². The van der Waals surface area contributed by atoms with E-state index in [4.69, 9.17) is 0 Å². The van der Waals surface area contributed by atoms with Gasteiger partial charge in [0.1, 0.15) is 11.7 Å². The first-order valence-electron chi connectivity index (χ1n) is 8.54. The molecule has 1 atom stereocenters. The normalized spacial score (nSPS) is 19.2. The van der Waals surface area contributed by atoms with Crippen LogP contribution in [0.5, 0.6) is 0 Å². The summed E-state index contributed by atoms with van der Waals surface area (Å²) in [7, 11) is 0. The summed E-state index contributed by atoms with van der Waals surface area (Å²) < 4.78 is 0. The number of nitrogens with one attached hydrogen (secondary N) is 1. The molecule has 4 rings (SSSR count). The highest BCUT2D eigenvalue weighted by atomic mass is 16.3. The molecule has 124 valence electrons. The molecule has 2 aromatic carbocycles. The van der Waals surface area contributed by atoms with Crippen molar-refractivity contribution in [2.45, 2.75) is 24.9 Å². The van der Waals surface area contributed by atoms with E-state index in [1.165, 1.54) is 5.56 Å². The average molecular weight is 329 g/mol. The zero-order chi connectivity index (χ0) is 17.3. The minimum Gasteiger partial charge on any atom is -0.383 e. The Labute approximate surface area is 146 Å². The topological polar surface area (TPSA) is 68.9 Å². The van der Waals surface area contributed by atoms with E-state index >= 15 is 0 Å². The van der Waals surface area contributed by atoms with Crippen LogP contribution in [0, 0.1) is 11.3 Å². The van der Waals surface area contributed by atoms with Gasteiger partial charge in [-0.3, -0.25) is 4.98 Å². The Balaban J connectivity index is 1.71. The van der Waals surface area contributed by atoms with E-state index in [9.17, 15) is 10.4 Å². The van der Waals surface area contributed by atoms with Crippen LogP contribution in [0.4, 0.5) is 5.69 Å². The number of benzene rings is 2. The van der Waals surface area contributed by atoms with E-state index < -0.39 is 5.60 Å². The van der Waals surface area contributed by atoms with Gasteiger partial charge in [0.25, 0.3) is 0 Å². The summed E-state index contributed by atoms with van der Waals surface area (Å²) in [6.07, 6.45) is 4.25. The van der Waals surface area contributed by atoms with Crippen molar-refractivity contribution in [1.29, 1.82) is 5.26 Å². The Bertz CT molecular complexity index is 976. The number of fused-ring (bicyclic) bond motifs is 2. The Morgan fingerprint density at radius 3 is 2.84 bits per heavy atom. The van der Waals surface area contributed by atoms with Gasteiger partial charge in [0, 0.05) is 18.1 Å². The number of pyridine rings is 1. The fourth-order valence-electron chi connectivity index (χ4n) is 3.73. The fraction of sp³-hybridized carbons (Fsp3) is 0.238. The second kappa shape index (κ2) is 6.19. The minimum absolute atomic E-state index is 0.368. The number of aryl methyl sites for hydroxylation is 1. The number of rotatable bonds is 3. The largest absolute Gasteiger partial charge is 0.383 e. The van der Waals surface area contributed by atoms with Crippen LogP contribution >= 0.6 is 0 Å². The predicted molar refractivity (Wildman–Crippen MR) is 98.2 cm³/mol. The number of aromatic nitrogens is 1. The number of para-hydroxylation sites is 1. The van der Waals surface area contributed by atoms with Crippen LogP contribution in [0.15, 0.2) is 54.7 Å². The number of hydrogen-bond acceptors (Lipinski definition) is 4. The van der Waals surface area contributed by atoms with Crippen molar-refractivity contribution in [1.82, 2.24) is 4.98 Å². The zero-order valence-electron chi connectivity index (χ0n) is 13.9. The summed E-state index contributed by atoms with van der Waals surface area (Å²) in [6, 6.07) is 18.0. The summed E-state index contributed by atoms with van der Waals surface area (Å²) in [5, 5.41) is 24.9. The highest BCUT2D eigenvalue weighted by Crippen LogP contribution is 2.36. The lowest BCUT2D eigenvalue weighted by atomic mass is 9.79. The Morgan fingerprint density at radius 1 is 1.16 bits per heavy atom. The standard InChI is InChI=1S/C21H19N3O/c22-12-16-13-23-19-10-4-2-8-17(19)20(16)24-14-21(25)11-5-7-15-6-1-3-9-18(15)21/h1-4,6,8-10,13,25H,5,7,11,14H2,(H,23,24). The first-order chi connectivity index (χ1) is 12.2. The highest BCUT2D eigenvalue weighted by molar-refractivity contribution is 5.93. The lowest BCUT2D eigenvalue weighted by molar-refractivity contribution is 0.0323. The third-order valence-corrected chi connectivity index (χ3v) is 5.01. The number of aliphatic hydroxyl groups is 1. The van der Waals surface area contributed by atoms with Gasteiger partial charge in [-0.25, -0.2) is 0 Å². The number of nitrogens with zero attached hydrogens (tertiary/aromatic N) is 2. The molecule has 1 unspecified atom stereocenters. The lowest BCUT2D eigenvalue weighted by Gasteiger charge is -2.35. The smallest absolute Gasteiger partial charge is 0.107 e. The number of anilines is 1. The molecule has 0 aliphatic heterocycles.